The van der Waals surface area contributed by atoms with E-state index in [-0.39, 0.29) is 23.3 Å². The van der Waals surface area contributed by atoms with Crippen LogP contribution in [-0.2, 0) is 11.3 Å². The highest BCUT2D eigenvalue weighted by Crippen LogP contribution is 2.20. The summed E-state index contributed by atoms with van der Waals surface area (Å²) in [5, 5.41) is 2.95. The average molecular weight is 372 g/mol. The van der Waals surface area contributed by atoms with Gasteiger partial charge in [0.2, 0.25) is 5.91 Å². The fourth-order valence-corrected chi connectivity index (χ4v) is 3.31. The number of aryl methyl sites for hydroxylation is 1. The number of halogens is 2. The van der Waals surface area contributed by atoms with Gasteiger partial charge in [-0.3, -0.25) is 9.59 Å². The Hall–Kier alpha value is -2.76. The molecule has 0 bridgehead atoms. The number of nitrogens with one attached hydrogen (secondary N) is 1. The van der Waals surface area contributed by atoms with Gasteiger partial charge in [-0.1, -0.05) is 29.8 Å². The van der Waals surface area contributed by atoms with E-state index in [2.05, 4.69) is 5.32 Å². The highest BCUT2D eigenvalue weighted by atomic mass is 19.2. The van der Waals surface area contributed by atoms with Crippen molar-refractivity contribution >= 4 is 11.8 Å². The van der Waals surface area contributed by atoms with Gasteiger partial charge >= 0.3 is 0 Å². The normalized spacial score (nSPS) is 14.9. The summed E-state index contributed by atoms with van der Waals surface area (Å²) >= 11 is 0. The van der Waals surface area contributed by atoms with Gasteiger partial charge in [0.1, 0.15) is 0 Å². The summed E-state index contributed by atoms with van der Waals surface area (Å²) in [5.41, 5.74) is 2.32. The molecule has 142 valence electrons. The summed E-state index contributed by atoms with van der Waals surface area (Å²) in [5.74, 6) is -2.52. The van der Waals surface area contributed by atoms with Gasteiger partial charge < -0.3 is 10.2 Å². The molecule has 1 aliphatic rings. The van der Waals surface area contributed by atoms with Gasteiger partial charge in [-0.2, -0.15) is 0 Å². The Labute approximate surface area is 157 Å². The van der Waals surface area contributed by atoms with Crippen molar-refractivity contribution in [1.82, 2.24) is 10.2 Å². The molecule has 0 atom stereocenters. The lowest BCUT2D eigenvalue weighted by Gasteiger charge is -2.31. The number of hydrogen-bond acceptors (Lipinski definition) is 2. The van der Waals surface area contributed by atoms with Crippen LogP contribution in [0.3, 0.4) is 0 Å². The van der Waals surface area contributed by atoms with Gasteiger partial charge in [0.05, 0.1) is 0 Å². The van der Waals surface area contributed by atoms with Crippen LogP contribution in [0.1, 0.15) is 34.3 Å². The molecule has 1 aliphatic heterocycles. The molecule has 3 rings (SSSR count). The number of hydrogen-bond donors (Lipinski definition) is 1. The molecule has 0 aliphatic carbocycles. The molecular weight excluding hydrogens is 350 g/mol. The smallest absolute Gasteiger partial charge is 0.253 e. The summed E-state index contributed by atoms with van der Waals surface area (Å²) < 4.78 is 26.3. The standard InChI is InChI=1S/C21H22F2N2O2/c1-14-3-2-4-15(11-14)13-24-20(26)16-7-9-25(10-8-16)21(27)17-5-6-18(22)19(23)12-17/h2-6,11-12,16H,7-10,13H2,1H3,(H,24,26). The molecule has 2 amide bonds. The number of carbonyl (C=O) groups is 2. The minimum atomic E-state index is -1.04. The topological polar surface area (TPSA) is 49.4 Å². The fourth-order valence-electron chi connectivity index (χ4n) is 3.31. The zero-order valence-electron chi connectivity index (χ0n) is 15.2. The molecule has 1 saturated heterocycles. The van der Waals surface area contributed by atoms with E-state index >= 15 is 0 Å². The van der Waals surface area contributed by atoms with Crippen molar-refractivity contribution < 1.29 is 18.4 Å². The van der Waals surface area contributed by atoms with E-state index < -0.39 is 11.6 Å². The molecule has 0 aromatic heterocycles. The monoisotopic (exact) mass is 372 g/mol. The summed E-state index contributed by atoms with van der Waals surface area (Å²) in [6.45, 7) is 3.32. The highest BCUT2D eigenvalue weighted by molar-refractivity contribution is 5.94. The number of rotatable bonds is 4. The molecular formula is C21H22F2N2O2. The molecule has 2 aromatic rings. The van der Waals surface area contributed by atoms with Crippen LogP contribution in [0.25, 0.3) is 0 Å². The third-order valence-electron chi connectivity index (χ3n) is 4.87. The van der Waals surface area contributed by atoms with Crippen LogP contribution < -0.4 is 5.32 Å². The predicted molar refractivity (Wildman–Crippen MR) is 98.0 cm³/mol. The zero-order chi connectivity index (χ0) is 19.4. The van der Waals surface area contributed by atoms with Crippen molar-refractivity contribution in [3.63, 3.8) is 0 Å². The quantitative estimate of drug-likeness (QED) is 0.894. The molecule has 0 unspecified atom stereocenters. The average Bonchev–Trinajstić information content (AvgIpc) is 2.68. The third-order valence-corrected chi connectivity index (χ3v) is 4.87. The first kappa shape index (κ1) is 19.0. The molecule has 1 fully saturated rings. The van der Waals surface area contributed by atoms with Crippen molar-refractivity contribution in [3.8, 4) is 0 Å². The van der Waals surface area contributed by atoms with Crippen LogP contribution in [-0.4, -0.2) is 29.8 Å². The minimum absolute atomic E-state index is 0.0172. The first-order chi connectivity index (χ1) is 12.9. The van der Waals surface area contributed by atoms with Gasteiger partial charge in [0.15, 0.2) is 11.6 Å². The van der Waals surface area contributed by atoms with Crippen LogP contribution >= 0.6 is 0 Å². The molecule has 0 spiro atoms. The van der Waals surface area contributed by atoms with E-state index in [1.807, 2.05) is 31.2 Å². The second-order valence-electron chi connectivity index (χ2n) is 6.90. The summed E-state index contributed by atoms with van der Waals surface area (Å²) in [4.78, 5) is 26.4. The Morgan fingerprint density at radius 1 is 1.07 bits per heavy atom. The summed E-state index contributed by atoms with van der Waals surface area (Å²) in [7, 11) is 0. The van der Waals surface area contributed by atoms with Crippen LogP contribution in [0.15, 0.2) is 42.5 Å². The van der Waals surface area contributed by atoms with Crippen molar-refractivity contribution in [2.75, 3.05) is 13.1 Å². The van der Waals surface area contributed by atoms with E-state index in [0.29, 0.717) is 32.5 Å². The van der Waals surface area contributed by atoms with Crippen molar-refractivity contribution in [2.45, 2.75) is 26.3 Å². The predicted octanol–water partition coefficient (Wildman–Crippen LogP) is 3.44. The number of carbonyl (C=O) groups excluding carboxylic acids is 2. The van der Waals surface area contributed by atoms with Crippen molar-refractivity contribution in [1.29, 1.82) is 0 Å². The molecule has 1 heterocycles. The Balaban J connectivity index is 1.51. The molecule has 1 N–H and O–H groups in total. The third kappa shape index (κ3) is 4.70. The summed E-state index contributed by atoms with van der Waals surface area (Å²) in [6.07, 6.45) is 1.10. The second kappa shape index (κ2) is 8.29. The Morgan fingerprint density at radius 3 is 2.48 bits per heavy atom. The Kier molecular flexibility index (Phi) is 5.84. The molecule has 2 aromatic carbocycles. The largest absolute Gasteiger partial charge is 0.352 e. The van der Waals surface area contributed by atoms with Crippen LogP contribution in [0, 0.1) is 24.5 Å². The SMILES string of the molecule is Cc1cccc(CNC(=O)C2CCN(C(=O)c3ccc(F)c(F)c3)CC2)c1. The maximum Gasteiger partial charge on any atom is 0.253 e. The van der Waals surface area contributed by atoms with Crippen LogP contribution in [0.4, 0.5) is 8.78 Å². The first-order valence-corrected chi connectivity index (χ1v) is 9.01. The molecule has 6 heteroatoms. The van der Waals surface area contributed by atoms with Gasteiger partial charge in [0.25, 0.3) is 5.91 Å². The van der Waals surface area contributed by atoms with Crippen molar-refractivity contribution in [2.24, 2.45) is 5.92 Å². The maximum absolute atomic E-state index is 13.3. The number of piperidine rings is 1. The number of benzene rings is 2. The fraction of sp³-hybridized carbons (Fsp3) is 0.333. The lowest BCUT2D eigenvalue weighted by molar-refractivity contribution is -0.126. The molecule has 27 heavy (non-hydrogen) atoms. The second-order valence-corrected chi connectivity index (χ2v) is 6.90. The van der Waals surface area contributed by atoms with Gasteiger partial charge in [-0.25, -0.2) is 8.78 Å². The minimum Gasteiger partial charge on any atom is -0.352 e. The number of amides is 2. The van der Waals surface area contributed by atoms with E-state index in [1.165, 1.54) is 6.07 Å². The lowest BCUT2D eigenvalue weighted by Crippen LogP contribution is -2.43. The Morgan fingerprint density at radius 2 is 1.81 bits per heavy atom. The van der Waals surface area contributed by atoms with E-state index in [4.69, 9.17) is 0 Å². The lowest BCUT2D eigenvalue weighted by atomic mass is 9.95. The van der Waals surface area contributed by atoms with Crippen molar-refractivity contribution in [3.05, 3.63) is 70.8 Å². The van der Waals surface area contributed by atoms with E-state index in [0.717, 1.165) is 23.3 Å². The Bertz CT molecular complexity index is 846. The van der Waals surface area contributed by atoms with Gasteiger partial charge in [-0.05, 0) is 43.5 Å². The van der Waals surface area contributed by atoms with Gasteiger partial charge in [-0.15, -0.1) is 0 Å². The molecule has 0 saturated carbocycles. The van der Waals surface area contributed by atoms with Crippen LogP contribution in [0.2, 0.25) is 0 Å². The van der Waals surface area contributed by atoms with Gasteiger partial charge in [0, 0.05) is 31.1 Å². The maximum atomic E-state index is 13.3. The molecule has 4 nitrogen and oxygen atoms in total. The van der Waals surface area contributed by atoms with Crippen LogP contribution in [0.5, 0.6) is 0 Å². The number of likely N-dealkylation sites (tertiary alicyclic amines) is 1. The zero-order valence-corrected chi connectivity index (χ0v) is 15.2. The van der Waals surface area contributed by atoms with E-state index in [1.54, 1.807) is 4.90 Å². The number of nitrogens with zero attached hydrogens (tertiary/aromatic N) is 1. The molecule has 0 radical (unpaired) electrons. The first-order valence-electron chi connectivity index (χ1n) is 9.01. The highest BCUT2D eigenvalue weighted by Gasteiger charge is 2.28. The van der Waals surface area contributed by atoms with E-state index in [9.17, 15) is 18.4 Å². The summed E-state index contributed by atoms with van der Waals surface area (Å²) in [6, 6.07) is 11.1.